The predicted molar refractivity (Wildman–Crippen MR) is 94.1 cm³/mol. The molecule has 0 heterocycles. The zero-order valence-electron chi connectivity index (χ0n) is 12.0. The SMILES string of the molecule is CC(OC(=O)c1ccccc1Br)C(=O)Nc1cc(Cl)cc(Cl)c1. The van der Waals surface area contributed by atoms with Crippen LogP contribution in [0.2, 0.25) is 10.0 Å². The minimum Gasteiger partial charge on any atom is -0.449 e. The molecule has 1 unspecified atom stereocenters. The fourth-order valence-electron chi connectivity index (χ4n) is 1.77. The number of carbonyl (C=O) groups excluding carboxylic acids is 2. The van der Waals surface area contributed by atoms with Crippen molar-refractivity contribution in [3.63, 3.8) is 0 Å². The van der Waals surface area contributed by atoms with Gasteiger partial charge in [-0.05, 0) is 53.2 Å². The van der Waals surface area contributed by atoms with Crippen LogP contribution in [0.4, 0.5) is 5.69 Å². The van der Waals surface area contributed by atoms with Gasteiger partial charge in [-0.25, -0.2) is 4.79 Å². The fourth-order valence-corrected chi connectivity index (χ4v) is 2.75. The lowest BCUT2D eigenvalue weighted by Gasteiger charge is -2.14. The molecular formula is C16H12BrCl2NO3. The summed E-state index contributed by atoms with van der Waals surface area (Å²) in [5.41, 5.74) is 0.772. The van der Waals surface area contributed by atoms with Gasteiger partial charge in [-0.3, -0.25) is 4.79 Å². The summed E-state index contributed by atoms with van der Waals surface area (Å²) in [5, 5.41) is 3.39. The van der Waals surface area contributed by atoms with Crippen molar-refractivity contribution in [1.82, 2.24) is 0 Å². The monoisotopic (exact) mass is 415 g/mol. The van der Waals surface area contributed by atoms with Gasteiger partial charge in [0.1, 0.15) is 0 Å². The van der Waals surface area contributed by atoms with Gasteiger partial charge in [-0.15, -0.1) is 0 Å². The Bertz CT molecular complexity index is 732. The van der Waals surface area contributed by atoms with E-state index in [2.05, 4.69) is 21.2 Å². The molecule has 0 spiro atoms. The van der Waals surface area contributed by atoms with Crippen LogP contribution in [-0.2, 0) is 9.53 Å². The first-order chi connectivity index (χ1) is 10.9. The number of benzene rings is 2. The summed E-state index contributed by atoms with van der Waals surface area (Å²) < 4.78 is 5.76. The van der Waals surface area contributed by atoms with Crippen LogP contribution in [0.5, 0.6) is 0 Å². The molecule has 0 fully saturated rings. The Hall–Kier alpha value is -1.56. The van der Waals surface area contributed by atoms with Gasteiger partial charge in [0, 0.05) is 20.2 Å². The zero-order valence-corrected chi connectivity index (χ0v) is 15.1. The van der Waals surface area contributed by atoms with E-state index in [1.54, 1.807) is 42.5 Å². The minimum atomic E-state index is -0.979. The van der Waals surface area contributed by atoms with Gasteiger partial charge in [0.05, 0.1) is 5.56 Å². The van der Waals surface area contributed by atoms with Crippen LogP contribution in [0.15, 0.2) is 46.9 Å². The molecule has 1 N–H and O–H groups in total. The molecule has 2 rings (SSSR count). The third kappa shape index (κ3) is 4.96. The Morgan fingerprint density at radius 1 is 1.13 bits per heavy atom. The van der Waals surface area contributed by atoms with Crippen molar-refractivity contribution in [3.05, 3.63) is 62.5 Å². The maximum Gasteiger partial charge on any atom is 0.340 e. The summed E-state index contributed by atoms with van der Waals surface area (Å²) in [6, 6.07) is 11.5. The smallest absolute Gasteiger partial charge is 0.340 e. The van der Waals surface area contributed by atoms with E-state index >= 15 is 0 Å². The normalized spacial score (nSPS) is 11.7. The molecular weight excluding hydrogens is 405 g/mol. The molecule has 0 saturated heterocycles. The van der Waals surface area contributed by atoms with Crippen molar-refractivity contribution < 1.29 is 14.3 Å². The van der Waals surface area contributed by atoms with Crippen LogP contribution < -0.4 is 5.32 Å². The summed E-state index contributed by atoms with van der Waals surface area (Å²) in [7, 11) is 0. The number of anilines is 1. The molecule has 2 aromatic carbocycles. The molecule has 0 saturated carbocycles. The Morgan fingerprint density at radius 2 is 1.74 bits per heavy atom. The molecule has 0 radical (unpaired) electrons. The predicted octanol–water partition coefficient (Wildman–Crippen LogP) is 4.94. The highest BCUT2D eigenvalue weighted by atomic mass is 79.9. The molecule has 120 valence electrons. The van der Waals surface area contributed by atoms with Crippen LogP contribution in [0.25, 0.3) is 0 Å². The molecule has 0 aliphatic rings. The van der Waals surface area contributed by atoms with Gasteiger partial charge in [-0.1, -0.05) is 35.3 Å². The summed E-state index contributed by atoms with van der Waals surface area (Å²) in [6.45, 7) is 1.48. The number of amides is 1. The van der Waals surface area contributed by atoms with E-state index in [9.17, 15) is 9.59 Å². The van der Waals surface area contributed by atoms with E-state index in [0.717, 1.165) is 0 Å². The average molecular weight is 417 g/mol. The first-order valence-electron chi connectivity index (χ1n) is 6.59. The van der Waals surface area contributed by atoms with Crippen molar-refractivity contribution in [1.29, 1.82) is 0 Å². The number of carbonyl (C=O) groups is 2. The highest BCUT2D eigenvalue weighted by molar-refractivity contribution is 9.10. The molecule has 4 nitrogen and oxygen atoms in total. The quantitative estimate of drug-likeness (QED) is 0.718. The molecule has 2 aromatic rings. The number of nitrogens with one attached hydrogen (secondary N) is 1. The topological polar surface area (TPSA) is 55.4 Å². The van der Waals surface area contributed by atoms with Crippen molar-refractivity contribution in [2.45, 2.75) is 13.0 Å². The molecule has 1 amide bonds. The summed E-state index contributed by atoms with van der Waals surface area (Å²) in [4.78, 5) is 24.2. The molecule has 23 heavy (non-hydrogen) atoms. The first-order valence-corrected chi connectivity index (χ1v) is 8.14. The number of esters is 1. The van der Waals surface area contributed by atoms with Gasteiger partial charge in [0.2, 0.25) is 0 Å². The molecule has 0 bridgehead atoms. The molecule has 1 atom stereocenters. The van der Waals surface area contributed by atoms with Gasteiger partial charge in [-0.2, -0.15) is 0 Å². The van der Waals surface area contributed by atoms with E-state index in [0.29, 0.717) is 25.8 Å². The second-order valence-corrected chi connectivity index (χ2v) is 6.40. The lowest BCUT2D eigenvalue weighted by Crippen LogP contribution is -2.30. The summed E-state index contributed by atoms with van der Waals surface area (Å²) >= 11 is 15.0. The number of hydrogen-bond donors (Lipinski definition) is 1. The molecule has 7 heteroatoms. The molecule has 0 aromatic heterocycles. The van der Waals surface area contributed by atoms with Crippen molar-refractivity contribution in [3.8, 4) is 0 Å². The number of halogens is 3. The highest BCUT2D eigenvalue weighted by Crippen LogP contribution is 2.23. The van der Waals surface area contributed by atoms with Crippen molar-refractivity contribution in [2.24, 2.45) is 0 Å². The summed E-state index contributed by atoms with van der Waals surface area (Å²) in [6.07, 6.45) is -0.979. The summed E-state index contributed by atoms with van der Waals surface area (Å²) in [5.74, 6) is -1.08. The van der Waals surface area contributed by atoms with E-state index in [1.165, 1.54) is 6.92 Å². The van der Waals surface area contributed by atoms with Gasteiger partial charge in [0.25, 0.3) is 5.91 Å². The van der Waals surface area contributed by atoms with Crippen molar-refractivity contribution in [2.75, 3.05) is 5.32 Å². The maximum atomic E-state index is 12.1. The van der Waals surface area contributed by atoms with E-state index in [4.69, 9.17) is 27.9 Å². The van der Waals surface area contributed by atoms with Gasteiger partial charge in [0.15, 0.2) is 6.10 Å². The lowest BCUT2D eigenvalue weighted by molar-refractivity contribution is -0.123. The Kier molecular flexibility index (Phi) is 6.04. The van der Waals surface area contributed by atoms with Gasteiger partial charge < -0.3 is 10.1 Å². The van der Waals surface area contributed by atoms with Crippen LogP contribution in [0, 0.1) is 0 Å². The van der Waals surface area contributed by atoms with Crippen LogP contribution >= 0.6 is 39.1 Å². The van der Waals surface area contributed by atoms with Crippen LogP contribution in [0.1, 0.15) is 17.3 Å². The third-order valence-corrected chi connectivity index (χ3v) is 4.00. The van der Waals surface area contributed by atoms with E-state index < -0.39 is 18.0 Å². The Morgan fingerprint density at radius 3 is 2.35 bits per heavy atom. The lowest BCUT2D eigenvalue weighted by atomic mass is 10.2. The van der Waals surface area contributed by atoms with E-state index in [1.807, 2.05) is 0 Å². The number of hydrogen-bond acceptors (Lipinski definition) is 3. The fraction of sp³-hybridized carbons (Fsp3) is 0.125. The second kappa shape index (κ2) is 7.81. The number of ether oxygens (including phenoxy) is 1. The zero-order chi connectivity index (χ0) is 17.0. The number of rotatable bonds is 4. The van der Waals surface area contributed by atoms with Crippen molar-refractivity contribution >= 4 is 56.7 Å². The third-order valence-electron chi connectivity index (χ3n) is 2.88. The largest absolute Gasteiger partial charge is 0.449 e. The standard InChI is InChI=1S/C16H12BrCl2NO3/c1-9(23-16(22)13-4-2-3-5-14(13)17)15(21)20-12-7-10(18)6-11(19)8-12/h2-9H,1H3,(H,20,21). The Labute approximate surface area is 151 Å². The molecule has 0 aliphatic carbocycles. The highest BCUT2D eigenvalue weighted by Gasteiger charge is 2.20. The van der Waals surface area contributed by atoms with Gasteiger partial charge >= 0.3 is 5.97 Å². The first kappa shape index (κ1) is 17.8. The van der Waals surface area contributed by atoms with E-state index in [-0.39, 0.29) is 0 Å². The molecule has 0 aliphatic heterocycles. The average Bonchev–Trinajstić information content (AvgIpc) is 2.46. The van der Waals surface area contributed by atoms with Crippen LogP contribution in [-0.4, -0.2) is 18.0 Å². The maximum absolute atomic E-state index is 12.1. The minimum absolute atomic E-state index is 0.345. The van der Waals surface area contributed by atoms with Crippen LogP contribution in [0.3, 0.4) is 0 Å². The second-order valence-electron chi connectivity index (χ2n) is 4.67. The Balaban J connectivity index is 2.02.